The molecule has 9 heteroatoms. The minimum absolute atomic E-state index is 0.0533. The maximum absolute atomic E-state index is 13.2. The van der Waals surface area contributed by atoms with E-state index < -0.39 is 11.6 Å². The normalized spacial score (nSPS) is 10.8. The number of carbonyl (C=O) groups is 1. The zero-order valence-electron chi connectivity index (χ0n) is 14.2. The number of nitrogens with one attached hydrogen (secondary N) is 1. The largest absolute Gasteiger partial charge is 0.325 e. The van der Waals surface area contributed by atoms with Gasteiger partial charge in [0.05, 0.1) is 5.75 Å². The maximum atomic E-state index is 13.2. The van der Waals surface area contributed by atoms with Crippen LogP contribution >= 0.6 is 23.4 Å². The summed E-state index contributed by atoms with van der Waals surface area (Å²) in [5.74, 6) is -1.60. The zero-order valence-corrected chi connectivity index (χ0v) is 15.8. The number of anilines is 1. The van der Waals surface area contributed by atoms with E-state index in [0.29, 0.717) is 22.5 Å². The number of rotatable bonds is 6. The van der Waals surface area contributed by atoms with Crippen molar-refractivity contribution in [2.24, 2.45) is 0 Å². The lowest BCUT2D eigenvalue weighted by atomic mass is 10.2. The van der Waals surface area contributed by atoms with Crippen LogP contribution in [-0.4, -0.2) is 26.4 Å². The van der Waals surface area contributed by atoms with Crippen LogP contribution in [0, 0.1) is 11.6 Å². The monoisotopic (exact) mass is 408 g/mol. The lowest BCUT2D eigenvalue weighted by Crippen LogP contribution is -2.15. The first-order chi connectivity index (χ1) is 13.0. The number of aromatic nitrogens is 3. The van der Waals surface area contributed by atoms with E-state index in [1.165, 1.54) is 17.8 Å². The lowest BCUT2D eigenvalue weighted by molar-refractivity contribution is -0.113. The van der Waals surface area contributed by atoms with Crippen LogP contribution in [-0.2, 0) is 11.3 Å². The molecule has 0 spiro atoms. The summed E-state index contributed by atoms with van der Waals surface area (Å²) >= 11 is 7.12. The van der Waals surface area contributed by atoms with Crippen molar-refractivity contribution in [1.82, 2.24) is 14.8 Å². The van der Waals surface area contributed by atoms with Crippen LogP contribution in [0.15, 0.2) is 47.6 Å². The third-order valence-electron chi connectivity index (χ3n) is 3.67. The SMILES string of the molecule is CCn1c(SCC(=O)Nc2ccc(F)c(F)c2)nnc1-c1ccc(Cl)cc1. The van der Waals surface area contributed by atoms with Gasteiger partial charge in [-0.3, -0.25) is 4.79 Å². The highest BCUT2D eigenvalue weighted by atomic mass is 35.5. The van der Waals surface area contributed by atoms with Crippen molar-refractivity contribution in [3.8, 4) is 11.4 Å². The van der Waals surface area contributed by atoms with Gasteiger partial charge in [-0.05, 0) is 43.3 Å². The fourth-order valence-electron chi connectivity index (χ4n) is 2.39. The van der Waals surface area contributed by atoms with Crippen molar-refractivity contribution >= 4 is 35.0 Å². The summed E-state index contributed by atoms with van der Waals surface area (Å²) in [6, 6.07) is 10.4. The highest BCUT2D eigenvalue weighted by Gasteiger charge is 2.15. The van der Waals surface area contributed by atoms with E-state index in [9.17, 15) is 13.6 Å². The fourth-order valence-corrected chi connectivity index (χ4v) is 3.32. The third-order valence-corrected chi connectivity index (χ3v) is 4.89. The molecular formula is C18H15ClF2N4OS. The Hall–Kier alpha value is -2.45. The molecule has 140 valence electrons. The second-order valence-electron chi connectivity index (χ2n) is 5.52. The van der Waals surface area contributed by atoms with Crippen LogP contribution in [0.1, 0.15) is 6.92 Å². The molecule has 1 aromatic heterocycles. The van der Waals surface area contributed by atoms with E-state index in [4.69, 9.17) is 11.6 Å². The van der Waals surface area contributed by atoms with E-state index in [-0.39, 0.29) is 17.3 Å². The molecule has 0 fully saturated rings. The summed E-state index contributed by atoms with van der Waals surface area (Å²) in [6.07, 6.45) is 0. The molecule has 27 heavy (non-hydrogen) atoms. The molecule has 0 aliphatic rings. The molecule has 2 aromatic carbocycles. The van der Waals surface area contributed by atoms with Gasteiger partial charge in [-0.15, -0.1) is 10.2 Å². The molecule has 0 saturated heterocycles. The van der Waals surface area contributed by atoms with E-state index in [1.54, 1.807) is 12.1 Å². The number of benzene rings is 2. The maximum Gasteiger partial charge on any atom is 0.234 e. The third kappa shape index (κ3) is 4.64. The average Bonchev–Trinajstić information content (AvgIpc) is 3.06. The number of thioether (sulfide) groups is 1. The Morgan fingerprint density at radius 1 is 1.15 bits per heavy atom. The summed E-state index contributed by atoms with van der Waals surface area (Å²) in [7, 11) is 0. The van der Waals surface area contributed by atoms with Crippen molar-refractivity contribution in [1.29, 1.82) is 0 Å². The van der Waals surface area contributed by atoms with Gasteiger partial charge in [0.25, 0.3) is 0 Å². The number of amides is 1. The van der Waals surface area contributed by atoms with Crippen LogP contribution in [0.25, 0.3) is 11.4 Å². The van der Waals surface area contributed by atoms with Crippen molar-refractivity contribution in [3.63, 3.8) is 0 Å². The molecule has 0 saturated carbocycles. The van der Waals surface area contributed by atoms with Crippen molar-refractivity contribution in [3.05, 3.63) is 59.1 Å². The van der Waals surface area contributed by atoms with Gasteiger partial charge >= 0.3 is 0 Å². The molecule has 0 aliphatic heterocycles. The number of hydrogen-bond acceptors (Lipinski definition) is 4. The highest BCUT2D eigenvalue weighted by Crippen LogP contribution is 2.25. The summed E-state index contributed by atoms with van der Waals surface area (Å²) in [5, 5.41) is 12.1. The van der Waals surface area contributed by atoms with Crippen LogP contribution < -0.4 is 5.32 Å². The molecule has 0 atom stereocenters. The molecule has 1 N–H and O–H groups in total. The molecule has 3 aromatic rings. The van der Waals surface area contributed by atoms with E-state index in [1.807, 2.05) is 23.6 Å². The first-order valence-electron chi connectivity index (χ1n) is 8.04. The first-order valence-corrected chi connectivity index (χ1v) is 9.41. The van der Waals surface area contributed by atoms with Crippen LogP contribution in [0.3, 0.4) is 0 Å². The average molecular weight is 409 g/mol. The molecule has 3 rings (SSSR count). The number of halogens is 3. The van der Waals surface area contributed by atoms with Gasteiger partial charge in [-0.25, -0.2) is 8.78 Å². The fraction of sp³-hybridized carbons (Fsp3) is 0.167. The highest BCUT2D eigenvalue weighted by molar-refractivity contribution is 7.99. The second kappa shape index (κ2) is 8.49. The number of carbonyl (C=O) groups excluding carboxylic acids is 1. The standard InChI is InChI=1S/C18H15ClF2N4OS/c1-2-25-17(11-3-5-12(19)6-4-11)23-24-18(25)27-10-16(26)22-13-7-8-14(20)15(21)9-13/h3-9H,2,10H2,1H3,(H,22,26). The summed E-state index contributed by atoms with van der Waals surface area (Å²) in [4.78, 5) is 12.1. The van der Waals surface area contributed by atoms with Crippen LogP contribution in [0.5, 0.6) is 0 Å². The smallest absolute Gasteiger partial charge is 0.234 e. The summed E-state index contributed by atoms with van der Waals surface area (Å²) in [5.41, 5.74) is 1.06. The Labute approximate surface area is 163 Å². The van der Waals surface area contributed by atoms with E-state index in [2.05, 4.69) is 15.5 Å². The van der Waals surface area contributed by atoms with Crippen molar-refractivity contribution in [2.45, 2.75) is 18.6 Å². The topological polar surface area (TPSA) is 59.8 Å². The first kappa shape index (κ1) is 19.3. The lowest BCUT2D eigenvalue weighted by Gasteiger charge is -2.08. The Morgan fingerprint density at radius 3 is 2.56 bits per heavy atom. The van der Waals surface area contributed by atoms with Crippen LogP contribution in [0.2, 0.25) is 5.02 Å². The van der Waals surface area contributed by atoms with Gasteiger partial charge in [0.2, 0.25) is 5.91 Å². The van der Waals surface area contributed by atoms with Crippen molar-refractivity contribution < 1.29 is 13.6 Å². The second-order valence-corrected chi connectivity index (χ2v) is 6.90. The van der Waals surface area contributed by atoms with Crippen LogP contribution in [0.4, 0.5) is 14.5 Å². The zero-order chi connectivity index (χ0) is 19.4. The molecule has 0 unspecified atom stereocenters. The number of nitrogens with zero attached hydrogens (tertiary/aromatic N) is 3. The minimum atomic E-state index is -1.02. The van der Waals surface area contributed by atoms with Gasteiger partial charge in [-0.2, -0.15) is 0 Å². The Morgan fingerprint density at radius 2 is 1.89 bits per heavy atom. The molecule has 0 aliphatic carbocycles. The van der Waals surface area contributed by atoms with Gasteiger partial charge in [0.1, 0.15) is 0 Å². The van der Waals surface area contributed by atoms with E-state index in [0.717, 1.165) is 17.7 Å². The Balaban J connectivity index is 1.68. The molecule has 5 nitrogen and oxygen atoms in total. The molecule has 1 heterocycles. The predicted octanol–water partition coefficient (Wildman–Crippen LogP) is 4.63. The minimum Gasteiger partial charge on any atom is -0.325 e. The van der Waals surface area contributed by atoms with Gasteiger partial charge in [0, 0.05) is 28.9 Å². The number of hydrogen-bond donors (Lipinski definition) is 1. The quantitative estimate of drug-likeness (QED) is 0.604. The van der Waals surface area contributed by atoms with Gasteiger partial charge in [0.15, 0.2) is 22.6 Å². The Bertz CT molecular complexity index is 962. The van der Waals surface area contributed by atoms with E-state index >= 15 is 0 Å². The van der Waals surface area contributed by atoms with Crippen molar-refractivity contribution in [2.75, 3.05) is 11.1 Å². The molecule has 0 bridgehead atoms. The molecular weight excluding hydrogens is 394 g/mol. The summed E-state index contributed by atoms with van der Waals surface area (Å²) < 4.78 is 28.0. The molecule has 0 radical (unpaired) electrons. The molecule has 1 amide bonds. The van der Waals surface area contributed by atoms with Gasteiger partial charge in [-0.1, -0.05) is 23.4 Å². The van der Waals surface area contributed by atoms with Gasteiger partial charge < -0.3 is 9.88 Å². The summed E-state index contributed by atoms with van der Waals surface area (Å²) in [6.45, 7) is 2.58. The Kier molecular flexibility index (Phi) is 6.08. The predicted molar refractivity (Wildman–Crippen MR) is 102 cm³/mol.